The molecular weight excluding hydrogens is 227 g/mol. The number of hydrogen-bond acceptors (Lipinski definition) is 4. The Balaban J connectivity index is 0.000001000. The number of rotatable bonds is 1. The van der Waals surface area contributed by atoms with E-state index in [1.165, 1.54) is 11.8 Å². The van der Waals surface area contributed by atoms with Gasteiger partial charge in [0.2, 0.25) is 0 Å². The fraction of sp³-hybridized carbons (Fsp3) is 0.800. The minimum atomic E-state index is -0.596. The Bertz CT molecular complexity index is 172. The summed E-state index contributed by atoms with van der Waals surface area (Å²) in [5.74, 6) is 1.61. The standard InChI is InChI=1S/C5H8OS4.Na/c6-10-2-1-4(3-10)9-5(7)8;/h4H,1-3H2,(H,7,8);/q;+1/p-1/t4-,10?;/m0./s1. The number of thioether (sulfide) groups is 1. The van der Waals surface area contributed by atoms with Crippen LogP contribution in [0, 0.1) is 0 Å². The monoisotopic (exact) mass is 234 g/mol. The van der Waals surface area contributed by atoms with Crippen LogP contribution in [-0.4, -0.2) is 24.5 Å². The Labute approximate surface area is 107 Å². The maximum Gasteiger partial charge on any atom is 1.00 e. The molecule has 58 valence electrons. The first-order valence-electron chi connectivity index (χ1n) is 2.91. The van der Waals surface area contributed by atoms with Crippen LogP contribution in [0.4, 0.5) is 0 Å². The van der Waals surface area contributed by atoms with Crippen molar-refractivity contribution in [1.29, 1.82) is 0 Å². The summed E-state index contributed by atoms with van der Waals surface area (Å²) in [6.07, 6.45) is 1.01. The van der Waals surface area contributed by atoms with Crippen molar-refractivity contribution in [2.45, 2.75) is 11.7 Å². The van der Waals surface area contributed by atoms with Crippen molar-refractivity contribution >= 4 is 50.9 Å². The average molecular weight is 234 g/mol. The Morgan fingerprint density at radius 3 is 2.73 bits per heavy atom. The van der Waals surface area contributed by atoms with E-state index in [1.54, 1.807) is 0 Å². The molecular formula is C5H7NaOS4. The molecule has 0 spiro atoms. The first-order valence-corrected chi connectivity index (χ1v) is 6.09. The normalized spacial score (nSPS) is 29.5. The van der Waals surface area contributed by atoms with Crippen LogP contribution < -0.4 is 29.6 Å². The molecule has 1 fully saturated rings. The molecule has 0 bridgehead atoms. The van der Waals surface area contributed by atoms with Crippen LogP contribution in [0.1, 0.15) is 6.42 Å². The van der Waals surface area contributed by atoms with Crippen LogP contribution in [-0.2, 0) is 23.4 Å². The van der Waals surface area contributed by atoms with Crippen molar-refractivity contribution < 1.29 is 33.8 Å². The molecule has 0 amide bonds. The first kappa shape index (κ1) is 12.8. The summed E-state index contributed by atoms with van der Waals surface area (Å²) in [4.78, 5) is 0. The van der Waals surface area contributed by atoms with Crippen molar-refractivity contribution in [1.82, 2.24) is 0 Å². The third kappa shape index (κ3) is 5.18. The van der Waals surface area contributed by atoms with Gasteiger partial charge in [-0.2, -0.15) is 0 Å². The van der Waals surface area contributed by atoms with Gasteiger partial charge in [0.05, 0.1) is 0 Å². The molecule has 0 aromatic heterocycles. The maximum absolute atomic E-state index is 10.9. The topological polar surface area (TPSA) is 17.1 Å². The maximum atomic E-state index is 10.9. The summed E-state index contributed by atoms with van der Waals surface area (Å²) >= 11 is 11.0. The second-order valence-electron chi connectivity index (χ2n) is 2.09. The van der Waals surface area contributed by atoms with Gasteiger partial charge in [-0.15, -0.1) is 11.8 Å². The van der Waals surface area contributed by atoms with Gasteiger partial charge in [-0.3, -0.25) is 4.21 Å². The van der Waals surface area contributed by atoms with Gasteiger partial charge in [0.1, 0.15) is 0 Å². The first-order chi connectivity index (χ1) is 4.68. The van der Waals surface area contributed by atoms with E-state index in [1.807, 2.05) is 0 Å². The van der Waals surface area contributed by atoms with E-state index in [0.29, 0.717) is 8.78 Å². The van der Waals surface area contributed by atoms with Crippen molar-refractivity contribution in [3.8, 4) is 0 Å². The molecule has 1 nitrogen and oxygen atoms in total. The quantitative estimate of drug-likeness (QED) is 0.299. The van der Waals surface area contributed by atoms with E-state index in [2.05, 4.69) is 0 Å². The SMILES string of the molecule is O=S1CC[C@H](SC(=S)[S-])C1.[Na+]. The van der Waals surface area contributed by atoms with Crippen LogP contribution >= 0.6 is 24.0 Å². The summed E-state index contributed by atoms with van der Waals surface area (Å²) < 4.78 is 11.4. The zero-order valence-electron chi connectivity index (χ0n) is 6.24. The largest absolute Gasteiger partial charge is 1.00 e. The van der Waals surface area contributed by atoms with Gasteiger partial charge >= 0.3 is 29.6 Å². The average Bonchev–Trinajstić information content (AvgIpc) is 2.13. The van der Waals surface area contributed by atoms with Crippen LogP contribution in [0.5, 0.6) is 0 Å². The molecule has 2 atom stereocenters. The fourth-order valence-corrected chi connectivity index (χ4v) is 4.36. The van der Waals surface area contributed by atoms with E-state index in [-0.39, 0.29) is 29.6 Å². The third-order valence-electron chi connectivity index (χ3n) is 1.30. The second-order valence-corrected chi connectivity index (χ2v) is 6.61. The van der Waals surface area contributed by atoms with Crippen molar-refractivity contribution in [3.63, 3.8) is 0 Å². The molecule has 1 aliphatic heterocycles. The Hall–Kier alpha value is 1.81. The minimum absolute atomic E-state index is 0. The molecule has 6 heteroatoms. The van der Waals surface area contributed by atoms with E-state index in [9.17, 15) is 4.21 Å². The minimum Gasteiger partial charge on any atom is -0.422 e. The molecule has 1 rings (SSSR count). The molecule has 0 N–H and O–H groups in total. The van der Waals surface area contributed by atoms with Crippen LogP contribution in [0.3, 0.4) is 0 Å². The van der Waals surface area contributed by atoms with Gasteiger partial charge in [-0.25, -0.2) is 0 Å². The predicted octanol–water partition coefficient (Wildman–Crippen LogP) is -1.92. The molecule has 0 aliphatic carbocycles. The van der Waals surface area contributed by atoms with E-state index in [0.717, 1.165) is 17.9 Å². The predicted molar refractivity (Wildman–Crippen MR) is 53.8 cm³/mol. The molecule has 0 radical (unpaired) electrons. The van der Waals surface area contributed by atoms with E-state index in [4.69, 9.17) is 24.8 Å². The second kappa shape index (κ2) is 6.29. The Morgan fingerprint density at radius 1 is 1.73 bits per heavy atom. The number of hydrogen-bond donors (Lipinski definition) is 0. The molecule has 1 aliphatic rings. The fourth-order valence-electron chi connectivity index (χ4n) is 0.866. The summed E-state index contributed by atoms with van der Waals surface area (Å²) in [6.45, 7) is 0. The summed E-state index contributed by atoms with van der Waals surface area (Å²) in [6, 6.07) is 0. The summed E-state index contributed by atoms with van der Waals surface area (Å²) in [7, 11) is -0.596. The van der Waals surface area contributed by atoms with Crippen LogP contribution in [0.25, 0.3) is 0 Å². The van der Waals surface area contributed by atoms with Gasteiger partial charge < -0.3 is 24.8 Å². The zero-order valence-corrected chi connectivity index (χ0v) is 11.5. The van der Waals surface area contributed by atoms with Crippen molar-refractivity contribution in [3.05, 3.63) is 0 Å². The summed E-state index contributed by atoms with van der Waals surface area (Å²) in [5.41, 5.74) is 0. The van der Waals surface area contributed by atoms with Crippen LogP contribution in [0.15, 0.2) is 0 Å². The van der Waals surface area contributed by atoms with Gasteiger partial charge in [0, 0.05) is 27.6 Å². The van der Waals surface area contributed by atoms with E-state index < -0.39 is 10.8 Å². The van der Waals surface area contributed by atoms with Gasteiger partial charge in [0.15, 0.2) is 0 Å². The van der Waals surface area contributed by atoms with Crippen molar-refractivity contribution in [2.75, 3.05) is 11.5 Å². The van der Waals surface area contributed by atoms with Crippen LogP contribution in [0.2, 0.25) is 0 Å². The molecule has 1 unspecified atom stereocenters. The Kier molecular flexibility index (Phi) is 7.33. The van der Waals surface area contributed by atoms with Gasteiger partial charge in [-0.05, 0) is 6.42 Å². The van der Waals surface area contributed by atoms with Crippen molar-refractivity contribution in [2.24, 2.45) is 0 Å². The molecule has 1 saturated heterocycles. The zero-order chi connectivity index (χ0) is 7.56. The molecule has 0 saturated carbocycles. The van der Waals surface area contributed by atoms with Gasteiger partial charge in [-0.1, -0.05) is 3.53 Å². The molecule has 0 aromatic rings. The number of thiocarbonyl (C=S) groups is 1. The molecule has 0 aromatic carbocycles. The summed E-state index contributed by atoms with van der Waals surface area (Å²) in [5, 5.41) is 0.436. The Morgan fingerprint density at radius 2 is 2.36 bits per heavy atom. The smallest absolute Gasteiger partial charge is 0.422 e. The van der Waals surface area contributed by atoms with Gasteiger partial charge in [0.25, 0.3) is 0 Å². The van der Waals surface area contributed by atoms with E-state index >= 15 is 0 Å². The molecule has 1 heterocycles. The third-order valence-corrected chi connectivity index (χ3v) is 4.48. The molecule has 11 heavy (non-hydrogen) atoms.